The zero-order valence-electron chi connectivity index (χ0n) is 13.8. The SMILES string of the molecule is NC(=O)C1(CCc2ccccc2)c2ccccc2Oc2ccccc21. The maximum Gasteiger partial charge on any atom is 0.232 e. The van der Waals surface area contributed by atoms with Crippen LogP contribution < -0.4 is 10.5 Å². The number of amides is 1. The minimum Gasteiger partial charge on any atom is -0.457 e. The molecule has 0 fully saturated rings. The van der Waals surface area contributed by atoms with Gasteiger partial charge >= 0.3 is 0 Å². The first-order valence-corrected chi connectivity index (χ1v) is 8.42. The number of carbonyl (C=O) groups is 1. The van der Waals surface area contributed by atoms with Gasteiger partial charge < -0.3 is 10.5 Å². The molecule has 0 bridgehead atoms. The second-order valence-corrected chi connectivity index (χ2v) is 6.35. The monoisotopic (exact) mass is 329 g/mol. The number of rotatable bonds is 4. The average Bonchev–Trinajstić information content (AvgIpc) is 2.66. The van der Waals surface area contributed by atoms with Crippen molar-refractivity contribution in [3.8, 4) is 11.5 Å². The van der Waals surface area contributed by atoms with Crippen molar-refractivity contribution in [2.45, 2.75) is 18.3 Å². The smallest absolute Gasteiger partial charge is 0.232 e. The molecule has 1 aliphatic rings. The Bertz CT molecular complexity index is 873. The molecule has 0 unspecified atom stereocenters. The number of carbonyl (C=O) groups excluding carboxylic acids is 1. The van der Waals surface area contributed by atoms with Crippen molar-refractivity contribution in [2.24, 2.45) is 5.73 Å². The number of nitrogens with two attached hydrogens (primary N) is 1. The van der Waals surface area contributed by atoms with E-state index in [0.717, 1.165) is 17.5 Å². The number of benzene rings is 3. The first-order valence-electron chi connectivity index (χ1n) is 8.42. The van der Waals surface area contributed by atoms with Crippen molar-refractivity contribution in [2.75, 3.05) is 0 Å². The lowest BCUT2D eigenvalue weighted by molar-refractivity contribution is -0.122. The van der Waals surface area contributed by atoms with Gasteiger partial charge in [-0.2, -0.15) is 0 Å². The maximum atomic E-state index is 12.8. The Morgan fingerprint density at radius 2 is 1.32 bits per heavy atom. The number of hydrogen-bond donors (Lipinski definition) is 1. The molecule has 25 heavy (non-hydrogen) atoms. The van der Waals surface area contributed by atoms with Crippen molar-refractivity contribution in [3.63, 3.8) is 0 Å². The lowest BCUT2D eigenvalue weighted by Crippen LogP contribution is -2.44. The van der Waals surface area contributed by atoms with Crippen molar-refractivity contribution in [1.82, 2.24) is 0 Å². The molecule has 3 nitrogen and oxygen atoms in total. The van der Waals surface area contributed by atoms with Gasteiger partial charge in [0.2, 0.25) is 5.91 Å². The number of fused-ring (bicyclic) bond motifs is 2. The number of hydrogen-bond acceptors (Lipinski definition) is 2. The summed E-state index contributed by atoms with van der Waals surface area (Å²) in [6, 6.07) is 25.5. The summed E-state index contributed by atoms with van der Waals surface area (Å²) in [6.45, 7) is 0. The van der Waals surface area contributed by atoms with E-state index in [9.17, 15) is 4.79 Å². The molecule has 0 saturated carbocycles. The highest BCUT2D eigenvalue weighted by Crippen LogP contribution is 2.50. The van der Waals surface area contributed by atoms with Crippen molar-refractivity contribution in [1.29, 1.82) is 0 Å². The predicted octanol–water partition coefficient (Wildman–Crippen LogP) is 4.20. The molecular weight excluding hydrogens is 310 g/mol. The van der Waals surface area contributed by atoms with Gasteiger partial charge in [0.15, 0.2) is 0 Å². The van der Waals surface area contributed by atoms with E-state index in [4.69, 9.17) is 10.5 Å². The topological polar surface area (TPSA) is 52.3 Å². The molecule has 2 N–H and O–H groups in total. The van der Waals surface area contributed by atoms with Gasteiger partial charge in [0.25, 0.3) is 0 Å². The lowest BCUT2D eigenvalue weighted by Gasteiger charge is -2.38. The number of para-hydroxylation sites is 2. The van der Waals surface area contributed by atoms with Gasteiger partial charge in [0, 0.05) is 11.1 Å². The molecule has 0 aromatic heterocycles. The van der Waals surface area contributed by atoms with Crippen LogP contribution >= 0.6 is 0 Å². The minimum atomic E-state index is -0.888. The van der Waals surface area contributed by atoms with E-state index in [-0.39, 0.29) is 5.91 Å². The number of primary amides is 1. The highest BCUT2D eigenvalue weighted by molar-refractivity contribution is 5.93. The summed E-state index contributed by atoms with van der Waals surface area (Å²) >= 11 is 0. The van der Waals surface area contributed by atoms with E-state index in [2.05, 4.69) is 12.1 Å². The maximum absolute atomic E-state index is 12.8. The fourth-order valence-electron chi connectivity index (χ4n) is 3.71. The Balaban J connectivity index is 1.87. The molecule has 0 radical (unpaired) electrons. The van der Waals surface area contributed by atoms with Gasteiger partial charge in [0.05, 0.1) is 0 Å². The summed E-state index contributed by atoms with van der Waals surface area (Å²) in [4.78, 5) is 12.8. The third kappa shape index (κ3) is 2.49. The lowest BCUT2D eigenvalue weighted by atomic mass is 9.68. The van der Waals surface area contributed by atoms with E-state index in [1.807, 2.05) is 66.7 Å². The van der Waals surface area contributed by atoms with Crippen LogP contribution in [0.3, 0.4) is 0 Å². The van der Waals surface area contributed by atoms with Gasteiger partial charge in [-0.05, 0) is 30.5 Å². The molecule has 3 heteroatoms. The molecule has 1 amide bonds. The normalized spacial score (nSPS) is 14.1. The van der Waals surface area contributed by atoms with Crippen LogP contribution in [0.25, 0.3) is 0 Å². The first kappa shape index (κ1) is 15.5. The molecule has 1 aliphatic heterocycles. The summed E-state index contributed by atoms with van der Waals surface area (Å²) in [5, 5.41) is 0. The van der Waals surface area contributed by atoms with Gasteiger partial charge in [-0.25, -0.2) is 0 Å². The van der Waals surface area contributed by atoms with Crippen LogP contribution in [0, 0.1) is 0 Å². The van der Waals surface area contributed by atoms with Crippen molar-refractivity contribution >= 4 is 5.91 Å². The van der Waals surface area contributed by atoms with Crippen LogP contribution in [-0.4, -0.2) is 5.91 Å². The third-order valence-corrected chi connectivity index (χ3v) is 4.97. The Morgan fingerprint density at radius 1 is 0.800 bits per heavy atom. The fourth-order valence-corrected chi connectivity index (χ4v) is 3.71. The Kier molecular flexibility index (Phi) is 3.77. The van der Waals surface area contributed by atoms with E-state index in [0.29, 0.717) is 17.9 Å². The summed E-state index contributed by atoms with van der Waals surface area (Å²) in [7, 11) is 0. The Morgan fingerprint density at radius 3 is 1.88 bits per heavy atom. The van der Waals surface area contributed by atoms with E-state index in [1.54, 1.807) is 0 Å². The zero-order valence-corrected chi connectivity index (χ0v) is 13.8. The average molecular weight is 329 g/mol. The van der Waals surface area contributed by atoms with Gasteiger partial charge in [0.1, 0.15) is 16.9 Å². The first-order chi connectivity index (χ1) is 12.2. The quantitative estimate of drug-likeness (QED) is 0.780. The van der Waals surface area contributed by atoms with Gasteiger partial charge in [-0.3, -0.25) is 4.79 Å². The van der Waals surface area contributed by atoms with Crippen LogP contribution in [0.4, 0.5) is 0 Å². The number of aryl methyl sites for hydroxylation is 1. The molecule has 0 aliphatic carbocycles. The van der Waals surface area contributed by atoms with Gasteiger partial charge in [-0.15, -0.1) is 0 Å². The standard InChI is InChI=1S/C22H19NO2/c23-21(24)22(15-14-16-8-2-1-3-9-16)17-10-4-6-12-19(17)25-20-13-7-5-11-18(20)22/h1-13H,14-15H2,(H2,23,24). The molecule has 0 spiro atoms. The summed E-state index contributed by atoms with van der Waals surface area (Å²) in [6.07, 6.45) is 1.36. The Labute approximate surface area is 147 Å². The second kappa shape index (κ2) is 6.10. The van der Waals surface area contributed by atoms with E-state index < -0.39 is 5.41 Å². The molecule has 0 atom stereocenters. The van der Waals surface area contributed by atoms with Crippen LogP contribution in [-0.2, 0) is 16.6 Å². The molecule has 3 aromatic rings. The Hall–Kier alpha value is -3.07. The minimum absolute atomic E-state index is 0.341. The fraction of sp³-hybridized carbons (Fsp3) is 0.136. The molecule has 0 saturated heterocycles. The second-order valence-electron chi connectivity index (χ2n) is 6.35. The van der Waals surface area contributed by atoms with Gasteiger partial charge in [-0.1, -0.05) is 66.7 Å². The molecule has 4 rings (SSSR count). The predicted molar refractivity (Wildman–Crippen MR) is 97.7 cm³/mol. The zero-order chi connectivity index (χ0) is 17.3. The van der Waals surface area contributed by atoms with E-state index in [1.165, 1.54) is 5.56 Å². The van der Waals surface area contributed by atoms with Crippen LogP contribution in [0.1, 0.15) is 23.1 Å². The van der Waals surface area contributed by atoms with Crippen LogP contribution in [0.15, 0.2) is 78.9 Å². The summed E-state index contributed by atoms with van der Waals surface area (Å²) in [5.41, 5.74) is 7.99. The molecule has 1 heterocycles. The summed E-state index contributed by atoms with van der Waals surface area (Å²) < 4.78 is 6.03. The highest BCUT2D eigenvalue weighted by atomic mass is 16.5. The molecular formula is C22H19NO2. The highest BCUT2D eigenvalue weighted by Gasteiger charge is 2.46. The van der Waals surface area contributed by atoms with Crippen LogP contribution in [0.2, 0.25) is 0 Å². The summed E-state index contributed by atoms with van der Waals surface area (Å²) in [5.74, 6) is 1.06. The number of ether oxygens (including phenoxy) is 1. The van der Waals surface area contributed by atoms with E-state index >= 15 is 0 Å². The molecule has 3 aromatic carbocycles. The third-order valence-electron chi connectivity index (χ3n) is 4.97. The van der Waals surface area contributed by atoms with Crippen molar-refractivity contribution in [3.05, 3.63) is 95.6 Å². The van der Waals surface area contributed by atoms with Crippen LogP contribution in [0.5, 0.6) is 11.5 Å². The molecule has 124 valence electrons. The van der Waals surface area contributed by atoms with Crippen molar-refractivity contribution < 1.29 is 9.53 Å². The largest absolute Gasteiger partial charge is 0.457 e.